The van der Waals surface area contributed by atoms with Crippen LogP contribution in [0.1, 0.15) is 31.4 Å². The molecule has 0 saturated carbocycles. The molecule has 4 nitrogen and oxygen atoms in total. The Labute approximate surface area is 114 Å². The number of esters is 1. The molecular formula is C15H22N2O2. The molecule has 0 aliphatic carbocycles. The quantitative estimate of drug-likeness (QED) is 0.839. The van der Waals surface area contributed by atoms with Gasteiger partial charge < -0.3 is 10.5 Å². The molecule has 0 radical (unpaired) electrons. The average molecular weight is 262 g/mol. The molecule has 0 aromatic heterocycles. The zero-order valence-corrected chi connectivity index (χ0v) is 11.8. The van der Waals surface area contributed by atoms with Gasteiger partial charge in [0, 0.05) is 19.1 Å². The Bertz CT molecular complexity index is 446. The van der Waals surface area contributed by atoms with Crippen LogP contribution in [0.3, 0.4) is 0 Å². The number of fused-ring (bicyclic) bond motifs is 1. The molecule has 0 bridgehead atoms. The lowest BCUT2D eigenvalue weighted by molar-refractivity contribution is -0.147. The second-order valence-electron chi connectivity index (χ2n) is 5.64. The van der Waals surface area contributed by atoms with Crippen molar-refractivity contribution in [3.63, 3.8) is 0 Å². The number of rotatable bonds is 4. The van der Waals surface area contributed by atoms with E-state index in [1.807, 2.05) is 0 Å². The number of carbonyl (C=O) groups excluding carboxylic acids is 1. The first-order valence-electron chi connectivity index (χ1n) is 6.62. The summed E-state index contributed by atoms with van der Waals surface area (Å²) in [6, 6.07) is 8.68. The van der Waals surface area contributed by atoms with Gasteiger partial charge in [-0.1, -0.05) is 24.3 Å². The number of nitrogens with zero attached hydrogens (tertiary/aromatic N) is 1. The Morgan fingerprint density at radius 2 is 1.95 bits per heavy atom. The minimum atomic E-state index is -0.928. The lowest BCUT2D eigenvalue weighted by Crippen LogP contribution is -2.50. The summed E-state index contributed by atoms with van der Waals surface area (Å²) in [5.41, 5.74) is 7.85. The summed E-state index contributed by atoms with van der Waals surface area (Å²) in [6.45, 7) is 5.70. The van der Waals surface area contributed by atoms with E-state index >= 15 is 0 Å². The van der Waals surface area contributed by atoms with Crippen LogP contribution < -0.4 is 5.73 Å². The van der Waals surface area contributed by atoms with Gasteiger partial charge >= 0.3 is 5.97 Å². The van der Waals surface area contributed by atoms with Crippen LogP contribution in [-0.4, -0.2) is 29.6 Å². The normalized spacial score (nSPS) is 19.6. The highest BCUT2D eigenvalue weighted by molar-refractivity contribution is 5.79. The maximum Gasteiger partial charge on any atom is 0.325 e. The molecule has 0 fully saturated rings. The molecule has 2 atom stereocenters. The Morgan fingerprint density at radius 1 is 1.42 bits per heavy atom. The monoisotopic (exact) mass is 262 g/mol. The van der Waals surface area contributed by atoms with E-state index in [1.165, 1.54) is 18.2 Å². The van der Waals surface area contributed by atoms with Gasteiger partial charge in [-0.05, 0) is 31.4 Å². The van der Waals surface area contributed by atoms with E-state index in [-0.39, 0.29) is 12.0 Å². The van der Waals surface area contributed by atoms with Gasteiger partial charge in [-0.25, -0.2) is 0 Å². The summed E-state index contributed by atoms with van der Waals surface area (Å²) in [6.07, 6.45) is 0.591. The molecule has 104 valence electrons. The maximum atomic E-state index is 11.6. The number of nitrogens with two attached hydrogens (primary N) is 1. The van der Waals surface area contributed by atoms with Crippen molar-refractivity contribution in [2.24, 2.45) is 5.73 Å². The van der Waals surface area contributed by atoms with E-state index in [1.54, 1.807) is 6.92 Å². The molecule has 1 heterocycles. The van der Waals surface area contributed by atoms with Crippen molar-refractivity contribution in [2.45, 2.75) is 44.9 Å². The molecule has 4 heteroatoms. The topological polar surface area (TPSA) is 55.6 Å². The van der Waals surface area contributed by atoms with Gasteiger partial charge in [-0.3, -0.25) is 9.69 Å². The van der Waals surface area contributed by atoms with Gasteiger partial charge in [0.05, 0.1) is 7.11 Å². The molecule has 2 N–H and O–H groups in total. The number of methoxy groups -OCH3 is 1. The van der Waals surface area contributed by atoms with Gasteiger partial charge in [0.1, 0.15) is 5.54 Å². The van der Waals surface area contributed by atoms with Crippen LogP contribution in [-0.2, 0) is 22.6 Å². The molecule has 2 rings (SSSR count). The highest BCUT2D eigenvalue weighted by Gasteiger charge is 2.34. The van der Waals surface area contributed by atoms with E-state index in [0.717, 1.165) is 13.1 Å². The SMILES string of the molecule is COC(=O)C(C)(N)CC(C)N1Cc2ccccc2C1. The first-order chi connectivity index (χ1) is 8.94. The maximum absolute atomic E-state index is 11.6. The van der Waals surface area contributed by atoms with Crippen molar-refractivity contribution < 1.29 is 9.53 Å². The Morgan fingerprint density at radius 3 is 2.42 bits per heavy atom. The van der Waals surface area contributed by atoms with Crippen molar-refractivity contribution >= 4 is 5.97 Å². The largest absolute Gasteiger partial charge is 0.468 e. The van der Waals surface area contributed by atoms with E-state index < -0.39 is 5.54 Å². The van der Waals surface area contributed by atoms with Gasteiger partial charge in [0.25, 0.3) is 0 Å². The summed E-state index contributed by atoms with van der Waals surface area (Å²) < 4.78 is 4.76. The molecule has 1 aromatic rings. The second kappa shape index (κ2) is 5.31. The van der Waals surface area contributed by atoms with Gasteiger partial charge in [0.15, 0.2) is 0 Å². The fourth-order valence-electron chi connectivity index (χ4n) is 2.73. The van der Waals surface area contributed by atoms with Gasteiger partial charge in [-0.2, -0.15) is 0 Å². The Balaban J connectivity index is 2.00. The van der Waals surface area contributed by atoms with Crippen LogP contribution in [0.5, 0.6) is 0 Å². The van der Waals surface area contributed by atoms with Crippen molar-refractivity contribution in [2.75, 3.05) is 7.11 Å². The zero-order chi connectivity index (χ0) is 14.0. The van der Waals surface area contributed by atoms with Crippen molar-refractivity contribution in [1.82, 2.24) is 4.90 Å². The van der Waals surface area contributed by atoms with Crippen molar-refractivity contribution in [3.8, 4) is 0 Å². The lowest BCUT2D eigenvalue weighted by atomic mass is 9.94. The average Bonchev–Trinajstić information content (AvgIpc) is 2.81. The number of ether oxygens (including phenoxy) is 1. The number of benzene rings is 1. The fraction of sp³-hybridized carbons (Fsp3) is 0.533. The van der Waals surface area contributed by atoms with E-state index in [2.05, 4.69) is 36.1 Å². The second-order valence-corrected chi connectivity index (χ2v) is 5.64. The van der Waals surface area contributed by atoms with Crippen molar-refractivity contribution in [3.05, 3.63) is 35.4 Å². The standard InChI is InChI=1S/C15H22N2O2/c1-11(8-15(2,16)14(18)19-3)17-9-12-6-4-5-7-13(12)10-17/h4-7,11H,8-10,16H2,1-3H3. The van der Waals surface area contributed by atoms with Gasteiger partial charge in [0.2, 0.25) is 0 Å². The van der Waals surface area contributed by atoms with Crippen molar-refractivity contribution in [1.29, 1.82) is 0 Å². The smallest absolute Gasteiger partial charge is 0.325 e. The first kappa shape index (κ1) is 14.0. The number of hydrogen-bond donors (Lipinski definition) is 1. The summed E-state index contributed by atoms with van der Waals surface area (Å²) in [4.78, 5) is 14.0. The van der Waals surface area contributed by atoms with Crippen LogP contribution in [0.2, 0.25) is 0 Å². The number of carbonyl (C=O) groups is 1. The van der Waals surface area contributed by atoms with Crippen LogP contribution in [0, 0.1) is 0 Å². The molecule has 1 aromatic carbocycles. The predicted octanol–water partition coefficient (Wildman–Crippen LogP) is 1.67. The lowest BCUT2D eigenvalue weighted by Gasteiger charge is -2.30. The molecule has 19 heavy (non-hydrogen) atoms. The van der Waals surface area contributed by atoms with Crippen LogP contribution in [0.25, 0.3) is 0 Å². The van der Waals surface area contributed by atoms with E-state index in [0.29, 0.717) is 6.42 Å². The van der Waals surface area contributed by atoms with Crippen LogP contribution in [0.4, 0.5) is 0 Å². The molecule has 1 aliphatic heterocycles. The number of hydrogen-bond acceptors (Lipinski definition) is 4. The highest BCUT2D eigenvalue weighted by atomic mass is 16.5. The predicted molar refractivity (Wildman–Crippen MR) is 74.4 cm³/mol. The van der Waals surface area contributed by atoms with E-state index in [9.17, 15) is 4.79 Å². The zero-order valence-electron chi connectivity index (χ0n) is 11.8. The summed E-state index contributed by atoms with van der Waals surface area (Å²) >= 11 is 0. The molecule has 0 spiro atoms. The highest BCUT2D eigenvalue weighted by Crippen LogP contribution is 2.26. The molecule has 0 saturated heterocycles. The molecule has 0 amide bonds. The van der Waals surface area contributed by atoms with Crippen LogP contribution in [0.15, 0.2) is 24.3 Å². The third kappa shape index (κ3) is 2.96. The third-order valence-electron chi connectivity index (χ3n) is 3.86. The fourth-order valence-corrected chi connectivity index (χ4v) is 2.73. The minimum absolute atomic E-state index is 0.237. The Hall–Kier alpha value is -1.39. The molecule has 1 aliphatic rings. The molecule has 2 unspecified atom stereocenters. The first-order valence-corrected chi connectivity index (χ1v) is 6.62. The summed E-state index contributed by atoms with van der Waals surface area (Å²) in [7, 11) is 1.38. The third-order valence-corrected chi connectivity index (χ3v) is 3.86. The van der Waals surface area contributed by atoms with Crippen LogP contribution >= 0.6 is 0 Å². The van der Waals surface area contributed by atoms with Gasteiger partial charge in [-0.15, -0.1) is 0 Å². The van der Waals surface area contributed by atoms with E-state index in [4.69, 9.17) is 10.5 Å². The summed E-state index contributed by atoms with van der Waals surface area (Å²) in [5.74, 6) is -0.351. The summed E-state index contributed by atoms with van der Waals surface area (Å²) in [5, 5.41) is 0. The Kier molecular flexibility index (Phi) is 3.92. The minimum Gasteiger partial charge on any atom is -0.468 e. The molecular weight excluding hydrogens is 240 g/mol.